The molecular formula is C29H32N6O3. The van der Waals surface area contributed by atoms with Crippen LogP contribution in [0.3, 0.4) is 0 Å². The monoisotopic (exact) mass is 512 g/mol. The fraction of sp³-hybridized carbons (Fsp3) is 0.310. The highest BCUT2D eigenvalue weighted by Crippen LogP contribution is 2.36. The average molecular weight is 513 g/mol. The van der Waals surface area contributed by atoms with Crippen molar-refractivity contribution in [1.82, 2.24) is 25.3 Å². The molecule has 0 spiro atoms. The summed E-state index contributed by atoms with van der Waals surface area (Å²) < 4.78 is 7.48. The third-order valence-corrected chi connectivity index (χ3v) is 6.94. The SMILES string of the molecule is Cc1n[nH]c(C)c1-c1ccc(NC(=O)[C@@H](NC(=O)c2ccnn2C(C)C)[C@H]2CCOc3ccccc32)cc1. The minimum absolute atomic E-state index is 0.00264. The first kappa shape index (κ1) is 25.3. The number of benzene rings is 2. The van der Waals surface area contributed by atoms with Gasteiger partial charge in [0.1, 0.15) is 17.5 Å². The Balaban J connectivity index is 1.43. The van der Waals surface area contributed by atoms with E-state index in [0.29, 0.717) is 24.4 Å². The van der Waals surface area contributed by atoms with Crippen molar-refractivity contribution >= 4 is 17.5 Å². The second-order valence-corrected chi connectivity index (χ2v) is 9.86. The van der Waals surface area contributed by atoms with Crippen LogP contribution in [0.1, 0.15) is 59.7 Å². The lowest BCUT2D eigenvalue weighted by Crippen LogP contribution is -2.49. The summed E-state index contributed by atoms with van der Waals surface area (Å²) in [6.07, 6.45) is 2.19. The zero-order chi connectivity index (χ0) is 26.8. The number of nitrogens with one attached hydrogen (secondary N) is 3. The third-order valence-electron chi connectivity index (χ3n) is 6.94. The molecule has 0 saturated heterocycles. The van der Waals surface area contributed by atoms with Gasteiger partial charge in [0.15, 0.2) is 0 Å². The van der Waals surface area contributed by atoms with Crippen LogP contribution in [0.4, 0.5) is 5.69 Å². The number of anilines is 1. The Hall–Kier alpha value is -4.40. The topological polar surface area (TPSA) is 114 Å². The normalized spacial score (nSPS) is 15.4. The molecule has 3 heterocycles. The van der Waals surface area contributed by atoms with Gasteiger partial charge in [0.05, 0.1) is 12.3 Å². The number of fused-ring (bicyclic) bond motifs is 1. The number of H-pyrrole nitrogens is 1. The molecule has 38 heavy (non-hydrogen) atoms. The van der Waals surface area contributed by atoms with E-state index in [2.05, 4.69) is 25.9 Å². The van der Waals surface area contributed by atoms with Gasteiger partial charge in [0.2, 0.25) is 5.91 Å². The first-order valence-corrected chi connectivity index (χ1v) is 12.8. The maximum atomic E-state index is 13.8. The van der Waals surface area contributed by atoms with Crippen LogP contribution in [0, 0.1) is 13.8 Å². The number of amides is 2. The summed E-state index contributed by atoms with van der Waals surface area (Å²) >= 11 is 0. The Morgan fingerprint density at radius 2 is 1.84 bits per heavy atom. The molecule has 2 amide bonds. The smallest absolute Gasteiger partial charge is 0.270 e. The Bertz CT molecular complexity index is 1430. The van der Waals surface area contributed by atoms with Gasteiger partial charge in [0, 0.05) is 35.1 Å². The molecule has 2 aromatic heterocycles. The van der Waals surface area contributed by atoms with Crippen molar-refractivity contribution in [1.29, 1.82) is 0 Å². The maximum Gasteiger partial charge on any atom is 0.270 e. The fourth-order valence-electron chi connectivity index (χ4n) is 5.10. The van der Waals surface area contributed by atoms with E-state index in [1.807, 2.05) is 76.2 Å². The number of carbonyl (C=O) groups is 2. The maximum absolute atomic E-state index is 13.8. The van der Waals surface area contributed by atoms with Crippen molar-refractivity contribution in [2.45, 2.75) is 52.1 Å². The van der Waals surface area contributed by atoms with Crippen molar-refractivity contribution in [3.63, 3.8) is 0 Å². The van der Waals surface area contributed by atoms with Crippen molar-refractivity contribution < 1.29 is 14.3 Å². The Kier molecular flexibility index (Phi) is 7.00. The molecule has 9 heteroatoms. The van der Waals surface area contributed by atoms with Crippen LogP contribution in [-0.2, 0) is 4.79 Å². The van der Waals surface area contributed by atoms with Gasteiger partial charge in [0.25, 0.3) is 5.91 Å². The number of hydrogen-bond donors (Lipinski definition) is 3. The molecule has 0 bridgehead atoms. The van der Waals surface area contributed by atoms with E-state index in [-0.39, 0.29) is 23.8 Å². The van der Waals surface area contributed by atoms with Gasteiger partial charge in [-0.3, -0.25) is 19.4 Å². The van der Waals surface area contributed by atoms with Crippen molar-refractivity contribution in [3.8, 4) is 16.9 Å². The van der Waals surface area contributed by atoms with Crippen LogP contribution in [0.25, 0.3) is 11.1 Å². The van der Waals surface area contributed by atoms with E-state index in [1.165, 1.54) is 0 Å². The number of rotatable bonds is 7. The minimum Gasteiger partial charge on any atom is -0.493 e. The van der Waals surface area contributed by atoms with E-state index in [4.69, 9.17) is 4.74 Å². The molecule has 0 unspecified atom stereocenters. The summed E-state index contributed by atoms with van der Waals surface area (Å²) in [5, 5.41) is 17.6. The van der Waals surface area contributed by atoms with Gasteiger partial charge in [-0.2, -0.15) is 10.2 Å². The first-order chi connectivity index (χ1) is 18.3. The van der Waals surface area contributed by atoms with Gasteiger partial charge < -0.3 is 15.4 Å². The summed E-state index contributed by atoms with van der Waals surface area (Å²) in [6, 6.07) is 16.2. The third kappa shape index (κ3) is 4.91. The van der Waals surface area contributed by atoms with E-state index in [0.717, 1.165) is 33.8 Å². The van der Waals surface area contributed by atoms with Crippen molar-refractivity contribution in [3.05, 3.63) is 83.4 Å². The quantitative estimate of drug-likeness (QED) is 0.330. The van der Waals surface area contributed by atoms with Gasteiger partial charge in [-0.05, 0) is 69.5 Å². The molecule has 9 nitrogen and oxygen atoms in total. The van der Waals surface area contributed by atoms with Crippen molar-refractivity contribution in [2.75, 3.05) is 11.9 Å². The number of ether oxygens (including phenoxy) is 1. The number of carbonyl (C=O) groups excluding carboxylic acids is 2. The highest BCUT2D eigenvalue weighted by molar-refractivity contribution is 6.01. The summed E-state index contributed by atoms with van der Waals surface area (Å²) in [4.78, 5) is 27.2. The predicted octanol–water partition coefficient (Wildman–Crippen LogP) is 4.77. The molecule has 5 rings (SSSR count). The van der Waals surface area contributed by atoms with Gasteiger partial charge in [-0.15, -0.1) is 0 Å². The van der Waals surface area contributed by atoms with Gasteiger partial charge in [-0.25, -0.2) is 0 Å². The Morgan fingerprint density at radius 3 is 2.55 bits per heavy atom. The van der Waals surface area contributed by atoms with Gasteiger partial charge >= 0.3 is 0 Å². The number of para-hydroxylation sites is 1. The molecule has 4 aromatic rings. The van der Waals surface area contributed by atoms with Crippen LogP contribution >= 0.6 is 0 Å². The van der Waals surface area contributed by atoms with E-state index in [9.17, 15) is 9.59 Å². The number of hydrogen-bond acceptors (Lipinski definition) is 5. The van der Waals surface area contributed by atoms with E-state index in [1.54, 1.807) is 16.9 Å². The second-order valence-electron chi connectivity index (χ2n) is 9.86. The minimum atomic E-state index is -0.818. The highest BCUT2D eigenvalue weighted by atomic mass is 16.5. The van der Waals surface area contributed by atoms with Crippen LogP contribution in [-0.4, -0.2) is 44.4 Å². The van der Waals surface area contributed by atoms with Crippen LogP contribution in [0.2, 0.25) is 0 Å². The lowest BCUT2D eigenvalue weighted by Gasteiger charge is -2.32. The second kappa shape index (κ2) is 10.5. The lowest BCUT2D eigenvalue weighted by atomic mass is 9.86. The fourth-order valence-corrected chi connectivity index (χ4v) is 5.10. The first-order valence-electron chi connectivity index (χ1n) is 12.8. The van der Waals surface area contributed by atoms with Crippen LogP contribution in [0.5, 0.6) is 5.75 Å². The summed E-state index contributed by atoms with van der Waals surface area (Å²) in [6.45, 7) is 8.31. The molecule has 2 atom stereocenters. The Labute approximate surface area is 221 Å². The number of aromatic nitrogens is 4. The number of aromatic amines is 1. The van der Waals surface area contributed by atoms with Crippen LogP contribution < -0.4 is 15.4 Å². The number of nitrogens with zero attached hydrogens (tertiary/aromatic N) is 3. The molecule has 0 aliphatic carbocycles. The predicted molar refractivity (Wildman–Crippen MR) is 145 cm³/mol. The molecular weight excluding hydrogens is 480 g/mol. The lowest BCUT2D eigenvalue weighted by molar-refractivity contribution is -0.118. The van der Waals surface area contributed by atoms with Crippen LogP contribution in [0.15, 0.2) is 60.8 Å². The standard InChI is InChI=1S/C29H32N6O3/c1-17(2)35-24(13-15-30-35)28(36)32-27(23-14-16-38-25-8-6-5-7-22(23)25)29(37)31-21-11-9-20(10-12-21)26-18(3)33-34-19(26)4/h5-13,15,17,23,27H,14,16H2,1-4H3,(H,31,37)(H,32,36)(H,33,34)/t23-,27-/m0/s1. The van der Waals surface area contributed by atoms with Crippen molar-refractivity contribution in [2.24, 2.45) is 0 Å². The zero-order valence-electron chi connectivity index (χ0n) is 22.0. The number of aryl methyl sites for hydroxylation is 2. The molecule has 0 fully saturated rings. The van der Waals surface area contributed by atoms with E-state index >= 15 is 0 Å². The molecule has 1 aliphatic rings. The highest BCUT2D eigenvalue weighted by Gasteiger charge is 2.35. The summed E-state index contributed by atoms with van der Waals surface area (Å²) in [5.41, 5.74) is 5.92. The molecule has 1 aliphatic heterocycles. The molecule has 0 saturated carbocycles. The molecule has 3 N–H and O–H groups in total. The average Bonchev–Trinajstić information content (AvgIpc) is 3.54. The largest absolute Gasteiger partial charge is 0.493 e. The molecule has 0 radical (unpaired) electrons. The summed E-state index contributed by atoms with van der Waals surface area (Å²) in [7, 11) is 0. The van der Waals surface area contributed by atoms with Gasteiger partial charge in [-0.1, -0.05) is 30.3 Å². The molecule has 2 aromatic carbocycles. The summed E-state index contributed by atoms with van der Waals surface area (Å²) in [5.74, 6) is -0.159. The zero-order valence-corrected chi connectivity index (χ0v) is 22.0. The van der Waals surface area contributed by atoms with E-state index < -0.39 is 6.04 Å². The molecule has 196 valence electrons. The Morgan fingerprint density at radius 1 is 1.08 bits per heavy atom.